The Hall–Kier alpha value is -1.72. The van der Waals surface area contributed by atoms with Crippen molar-refractivity contribution in [3.8, 4) is 0 Å². The van der Waals surface area contributed by atoms with Crippen LogP contribution in [0.5, 0.6) is 0 Å². The van der Waals surface area contributed by atoms with E-state index in [0.29, 0.717) is 12.2 Å². The number of carbonyl (C=O) groups excluding carboxylic acids is 1. The number of amides is 1. The molecule has 1 amide bonds. The number of hydrogen-bond donors (Lipinski definition) is 1. The van der Waals surface area contributed by atoms with E-state index < -0.39 is 0 Å². The fraction of sp³-hybridized carbons (Fsp3) is 0.286. The van der Waals surface area contributed by atoms with Gasteiger partial charge in [-0.1, -0.05) is 18.2 Å². The highest BCUT2D eigenvalue weighted by molar-refractivity contribution is 7.09. The zero-order valence-electron chi connectivity index (χ0n) is 10.7. The zero-order valence-corrected chi connectivity index (χ0v) is 11.5. The van der Waals surface area contributed by atoms with Crippen LogP contribution in [0.1, 0.15) is 28.0 Å². The molecule has 2 heterocycles. The van der Waals surface area contributed by atoms with Crippen molar-refractivity contribution in [3.05, 3.63) is 45.9 Å². The van der Waals surface area contributed by atoms with Gasteiger partial charge in [0.1, 0.15) is 10.7 Å². The summed E-state index contributed by atoms with van der Waals surface area (Å²) in [4.78, 5) is 18.7. The predicted octanol–water partition coefficient (Wildman–Crippen LogP) is 2.19. The van der Waals surface area contributed by atoms with E-state index in [9.17, 15) is 4.79 Å². The number of fused-ring (bicyclic) bond motifs is 1. The van der Waals surface area contributed by atoms with Crippen LogP contribution in [-0.4, -0.2) is 16.9 Å². The summed E-state index contributed by atoms with van der Waals surface area (Å²) in [6.45, 7) is 2.44. The average molecular weight is 273 g/mol. The molecular formula is C14H15N3OS. The third kappa shape index (κ3) is 2.05. The normalized spacial score (nSPS) is 17.6. The number of hydrogen-bond acceptors (Lipinski definition) is 4. The maximum absolute atomic E-state index is 12.6. The molecule has 1 aromatic carbocycles. The number of benzene rings is 1. The van der Waals surface area contributed by atoms with Gasteiger partial charge >= 0.3 is 0 Å². The Kier molecular flexibility index (Phi) is 3.08. The van der Waals surface area contributed by atoms with Crippen LogP contribution in [0.2, 0.25) is 0 Å². The molecule has 98 valence electrons. The summed E-state index contributed by atoms with van der Waals surface area (Å²) in [7, 11) is 0. The topological polar surface area (TPSA) is 59.2 Å². The van der Waals surface area contributed by atoms with Crippen molar-refractivity contribution in [1.29, 1.82) is 0 Å². The second kappa shape index (κ2) is 4.75. The Morgan fingerprint density at radius 3 is 3.05 bits per heavy atom. The van der Waals surface area contributed by atoms with Crippen LogP contribution < -0.4 is 10.6 Å². The molecule has 0 bridgehead atoms. The van der Waals surface area contributed by atoms with Crippen molar-refractivity contribution in [3.63, 3.8) is 0 Å². The zero-order chi connectivity index (χ0) is 13.4. The predicted molar refractivity (Wildman–Crippen MR) is 76.4 cm³/mol. The van der Waals surface area contributed by atoms with Gasteiger partial charge in [-0.05, 0) is 25.0 Å². The number of thiazole rings is 1. The molecule has 0 saturated heterocycles. The van der Waals surface area contributed by atoms with Gasteiger partial charge in [0.25, 0.3) is 5.91 Å². The summed E-state index contributed by atoms with van der Waals surface area (Å²) in [5.41, 5.74) is 8.26. The van der Waals surface area contributed by atoms with E-state index in [1.54, 1.807) is 5.38 Å². The van der Waals surface area contributed by atoms with Crippen molar-refractivity contribution in [2.45, 2.75) is 25.9 Å². The SMILES string of the molecule is C[C@@H]1Cc2ccccc2N1C(=O)c1csc(CN)n1. The number of carbonyl (C=O) groups is 1. The molecule has 1 atom stereocenters. The molecule has 2 aromatic rings. The quantitative estimate of drug-likeness (QED) is 0.912. The van der Waals surface area contributed by atoms with Gasteiger partial charge in [0.2, 0.25) is 0 Å². The number of aromatic nitrogens is 1. The monoisotopic (exact) mass is 273 g/mol. The van der Waals surface area contributed by atoms with Crippen molar-refractivity contribution in [2.24, 2.45) is 5.73 Å². The van der Waals surface area contributed by atoms with Crippen LogP contribution in [0.4, 0.5) is 5.69 Å². The van der Waals surface area contributed by atoms with Gasteiger partial charge in [0.05, 0.1) is 0 Å². The first-order chi connectivity index (χ1) is 9.20. The van der Waals surface area contributed by atoms with Gasteiger partial charge in [-0.2, -0.15) is 0 Å². The summed E-state index contributed by atoms with van der Waals surface area (Å²) in [5, 5.41) is 2.58. The number of para-hydroxylation sites is 1. The van der Waals surface area contributed by atoms with Gasteiger partial charge in [0, 0.05) is 23.7 Å². The molecule has 4 nitrogen and oxygen atoms in total. The fourth-order valence-electron chi connectivity index (χ4n) is 2.50. The fourth-order valence-corrected chi connectivity index (χ4v) is 3.15. The highest BCUT2D eigenvalue weighted by Gasteiger charge is 2.32. The van der Waals surface area contributed by atoms with E-state index in [0.717, 1.165) is 17.1 Å². The molecule has 0 unspecified atom stereocenters. The number of nitrogens with two attached hydrogens (primary N) is 1. The summed E-state index contributed by atoms with van der Waals surface area (Å²) in [5.74, 6) is -0.0339. The van der Waals surface area contributed by atoms with Crippen LogP contribution in [0.25, 0.3) is 0 Å². The van der Waals surface area contributed by atoms with Crippen LogP contribution >= 0.6 is 11.3 Å². The van der Waals surface area contributed by atoms with Crippen molar-refractivity contribution >= 4 is 22.9 Å². The van der Waals surface area contributed by atoms with Crippen LogP contribution in [-0.2, 0) is 13.0 Å². The second-order valence-electron chi connectivity index (χ2n) is 4.69. The minimum atomic E-state index is -0.0339. The van der Waals surface area contributed by atoms with E-state index in [4.69, 9.17) is 5.73 Å². The minimum absolute atomic E-state index is 0.0339. The maximum atomic E-state index is 12.6. The Bertz CT molecular complexity index is 623. The number of nitrogens with zero attached hydrogens (tertiary/aromatic N) is 2. The summed E-state index contributed by atoms with van der Waals surface area (Å²) >= 11 is 1.44. The van der Waals surface area contributed by atoms with E-state index in [2.05, 4.69) is 18.0 Å². The maximum Gasteiger partial charge on any atom is 0.278 e. The molecule has 3 rings (SSSR count). The second-order valence-corrected chi connectivity index (χ2v) is 5.63. The third-order valence-electron chi connectivity index (χ3n) is 3.37. The summed E-state index contributed by atoms with van der Waals surface area (Å²) < 4.78 is 0. The van der Waals surface area contributed by atoms with Crippen molar-refractivity contribution < 1.29 is 4.79 Å². The van der Waals surface area contributed by atoms with Gasteiger partial charge in [-0.15, -0.1) is 11.3 Å². The molecule has 2 N–H and O–H groups in total. The summed E-state index contributed by atoms with van der Waals surface area (Å²) in [6.07, 6.45) is 0.899. The van der Waals surface area contributed by atoms with Gasteiger partial charge < -0.3 is 10.6 Å². The lowest BCUT2D eigenvalue weighted by atomic mass is 10.1. The third-order valence-corrected chi connectivity index (χ3v) is 4.24. The molecule has 1 aliphatic heterocycles. The van der Waals surface area contributed by atoms with Crippen LogP contribution in [0.15, 0.2) is 29.6 Å². The molecule has 0 aliphatic carbocycles. The Balaban J connectivity index is 1.95. The van der Waals surface area contributed by atoms with Gasteiger partial charge in [0.15, 0.2) is 0 Å². The first-order valence-corrected chi connectivity index (χ1v) is 7.14. The highest BCUT2D eigenvalue weighted by Crippen LogP contribution is 2.33. The van der Waals surface area contributed by atoms with E-state index >= 15 is 0 Å². The Labute approximate surface area is 115 Å². The average Bonchev–Trinajstić information content (AvgIpc) is 3.01. The lowest BCUT2D eigenvalue weighted by Crippen LogP contribution is -2.35. The molecule has 0 fully saturated rings. The molecule has 1 aromatic heterocycles. The van der Waals surface area contributed by atoms with Crippen LogP contribution in [0, 0.1) is 0 Å². The van der Waals surface area contributed by atoms with Crippen molar-refractivity contribution in [1.82, 2.24) is 4.98 Å². The molecular weight excluding hydrogens is 258 g/mol. The largest absolute Gasteiger partial charge is 0.325 e. The smallest absolute Gasteiger partial charge is 0.278 e. The molecule has 1 aliphatic rings. The molecule has 5 heteroatoms. The summed E-state index contributed by atoms with van der Waals surface area (Å²) in [6, 6.07) is 8.21. The lowest BCUT2D eigenvalue weighted by molar-refractivity contribution is 0.0977. The molecule has 0 saturated carbocycles. The Morgan fingerprint density at radius 2 is 2.32 bits per heavy atom. The number of rotatable bonds is 2. The molecule has 0 radical (unpaired) electrons. The standard InChI is InChI=1S/C14H15N3OS/c1-9-6-10-4-2-3-5-12(10)17(9)14(18)11-8-19-13(7-15)16-11/h2-5,8-9H,6-7,15H2,1H3/t9-/m1/s1. The van der Waals surface area contributed by atoms with Gasteiger partial charge in [-0.25, -0.2) is 4.98 Å². The highest BCUT2D eigenvalue weighted by atomic mass is 32.1. The molecule has 19 heavy (non-hydrogen) atoms. The van der Waals surface area contributed by atoms with Crippen LogP contribution in [0.3, 0.4) is 0 Å². The van der Waals surface area contributed by atoms with E-state index in [-0.39, 0.29) is 11.9 Å². The van der Waals surface area contributed by atoms with E-state index in [1.165, 1.54) is 16.9 Å². The lowest BCUT2D eigenvalue weighted by Gasteiger charge is -2.21. The first kappa shape index (κ1) is 12.3. The molecule has 0 spiro atoms. The van der Waals surface area contributed by atoms with Crippen molar-refractivity contribution in [2.75, 3.05) is 4.90 Å². The van der Waals surface area contributed by atoms with Gasteiger partial charge in [-0.3, -0.25) is 4.79 Å². The first-order valence-electron chi connectivity index (χ1n) is 6.26. The van der Waals surface area contributed by atoms with E-state index in [1.807, 2.05) is 23.1 Å². The number of anilines is 1. The Morgan fingerprint density at radius 1 is 1.53 bits per heavy atom. The minimum Gasteiger partial charge on any atom is -0.325 e.